The number of amidine groups is 1. The number of sulfonamides is 1. The summed E-state index contributed by atoms with van der Waals surface area (Å²) >= 11 is 0.992. The van der Waals surface area contributed by atoms with Crippen molar-refractivity contribution in [2.75, 3.05) is 13.2 Å². The number of rotatable bonds is 9. The van der Waals surface area contributed by atoms with Crippen LogP contribution in [-0.2, 0) is 10.0 Å². The van der Waals surface area contributed by atoms with Gasteiger partial charge in [-0.15, -0.1) is 5.10 Å². The Hall–Kier alpha value is -2.72. The average Bonchev–Trinajstić information content (AvgIpc) is 3.21. The molecule has 0 spiro atoms. The number of H-pyrrole nitrogens is 1. The zero-order valence-electron chi connectivity index (χ0n) is 16.2. The van der Waals surface area contributed by atoms with E-state index in [0.29, 0.717) is 16.6 Å². The van der Waals surface area contributed by atoms with Gasteiger partial charge in [0, 0.05) is 28.6 Å². The normalized spacial score (nSPS) is 13.5. The Morgan fingerprint density at radius 2 is 2.06 bits per heavy atom. The van der Waals surface area contributed by atoms with E-state index in [1.807, 2.05) is 6.07 Å². The van der Waals surface area contributed by atoms with Gasteiger partial charge in [0.1, 0.15) is 4.90 Å². The zero-order valence-corrected chi connectivity index (χ0v) is 17.9. The molecule has 0 aliphatic heterocycles. The number of aliphatic hydroxyl groups excluding tert-OH is 1. The summed E-state index contributed by atoms with van der Waals surface area (Å²) in [5, 5.41) is 18.4. The summed E-state index contributed by atoms with van der Waals surface area (Å²) < 4.78 is 28.2. The number of aliphatic hydroxyl groups is 1. The molecule has 0 bridgehead atoms. The van der Waals surface area contributed by atoms with Gasteiger partial charge < -0.3 is 21.6 Å². The number of fused-ring (bicyclic) bond motifs is 1. The molecule has 0 fully saturated rings. The van der Waals surface area contributed by atoms with E-state index < -0.39 is 16.1 Å². The highest BCUT2D eigenvalue weighted by Crippen LogP contribution is 2.36. The van der Waals surface area contributed by atoms with Crippen LogP contribution in [0.15, 0.2) is 51.6 Å². The topological polar surface area (TPSA) is 224 Å². The van der Waals surface area contributed by atoms with Crippen molar-refractivity contribution in [1.29, 1.82) is 0 Å². The summed E-state index contributed by atoms with van der Waals surface area (Å²) in [5.41, 5.74) is 16.4. The largest absolute Gasteiger partial charge is 0.395 e. The van der Waals surface area contributed by atoms with Crippen molar-refractivity contribution >= 4 is 38.8 Å². The van der Waals surface area contributed by atoms with Crippen LogP contribution in [0, 0.1) is 0 Å². The van der Waals surface area contributed by atoms with Gasteiger partial charge in [0.25, 0.3) is 0 Å². The lowest BCUT2D eigenvalue weighted by Crippen LogP contribution is -2.34. The number of hydrogen-bond donors (Lipinski definition) is 8. The van der Waals surface area contributed by atoms with Gasteiger partial charge >= 0.3 is 0 Å². The molecular formula is C17H23N9O3S2. The van der Waals surface area contributed by atoms with Crippen LogP contribution in [0.3, 0.4) is 0 Å². The number of hydrazine groups is 1. The van der Waals surface area contributed by atoms with Crippen molar-refractivity contribution in [3.05, 3.63) is 42.2 Å². The van der Waals surface area contributed by atoms with Crippen molar-refractivity contribution in [2.24, 2.45) is 27.6 Å². The van der Waals surface area contributed by atoms with E-state index in [9.17, 15) is 8.42 Å². The van der Waals surface area contributed by atoms with Crippen LogP contribution >= 0.6 is 11.9 Å². The van der Waals surface area contributed by atoms with Crippen molar-refractivity contribution in [2.45, 2.75) is 15.8 Å². The van der Waals surface area contributed by atoms with Gasteiger partial charge in [-0.1, -0.05) is 18.2 Å². The second-order valence-corrected chi connectivity index (χ2v) is 8.91. The van der Waals surface area contributed by atoms with Crippen LogP contribution in [-0.4, -0.2) is 48.5 Å². The summed E-state index contributed by atoms with van der Waals surface area (Å²) in [6, 6.07) is 8.19. The fraction of sp³-hybridized carbons (Fsp3) is 0.176. The summed E-state index contributed by atoms with van der Waals surface area (Å²) in [6.07, 6.45) is 1.53. The van der Waals surface area contributed by atoms with E-state index >= 15 is 0 Å². The highest BCUT2D eigenvalue weighted by molar-refractivity contribution is 7.98. The van der Waals surface area contributed by atoms with Gasteiger partial charge in [0.2, 0.25) is 10.0 Å². The molecule has 0 radical (unpaired) electrons. The smallest absolute Gasteiger partial charge is 0.239 e. The van der Waals surface area contributed by atoms with Gasteiger partial charge in [0.15, 0.2) is 5.84 Å². The van der Waals surface area contributed by atoms with Crippen molar-refractivity contribution in [3.8, 4) is 11.1 Å². The number of nitrogens with zero attached hydrogens (tertiary/aromatic N) is 2. The second-order valence-electron chi connectivity index (χ2n) is 6.48. The molecule has 0 amide bonds. The SMILES string of the molecule is NN/N=C(\N)c1c(-c2cccc3[nH]cnc23)ccc(SNCC(N)CO)c1S(N)(=O)=O. The molecule has 31 heavy (non-hydrogen) atoms. The summed E-state index contributed by atoms with van der Waals surface area (Å²) in [6.45, 7) is -0.00193. The molecular weight excluding hydrogens is 442 g/mol. The number of aromatic amines is 1. The van der Waals surface area contributed by atoms with Crippen LogP contribution in [0.25, 0.3) is 22.2 Å². The molecule has 2 aromatic carbocycles. The fourth-order valence-electron chi connectivity index (χ4n) is 3.00. The highest BCUT2D eigenvalue weighted by Gasteiger charge is 2.26. The lowest BCUT2D eigenvalue weighted by molar-refractivity contribution is 0.267. The van der Waals surface area contributed by atoms with E-state index in [4.69, 9.17) is 27.6 Å². The second kappa shape index (κ2) is 9.61. The Kier molecular flexibility index (Phi) is 7.11. The third kappa shape index (κ3) is 4.96. The Morgan fingerprint density at radius 1 is 1.29 bits per heavy atom. The summed E-state index contributed by atoms with van der Waals surface area (Å²) in [4.78, 5) is 7.37. The molecule has 0 aliphatic rings. The maximum atomic E-state index is 12.6. The van der Waals surface area contributed by atoms with Crippen LogP contribution in [0.1, 0.15) is 5.56 Å². The average molecular weight is 466 g/mol. The molecule has 166 valence electrons. The first-order valence-corrected chi connectivity index (χ1v) is 11.3. The molecule has 14 heteroatoms. The number of benzene rings is 2. The third-order valence-corrected chi connectivity index (χ3v) is 6.34. The number of aromatic nitrogens is 2. The van der Waals surface area contributed by atoms with E-state index in [1.54, 1.807) is 24.3 Å². The first-order chi connectivity index (χ1) is 14.8. The number of para-hydroxylation sites is 1. The molecule has 12 N–H and O–H groups in total. The minimum atomic E-state index is -4.25. The Labute approximate surface area is 182 Å². The predicted octanol–water partition coefficient (Wildman–Crippen LogP) is -1.12. The van der Waals surface area contributed by atoms with Gasteiger partial charge in [0.05, 0.1) is 24.0 Å². The molecule has 12 nitrogen and oxygen atoms in total. The number of nitrogens with one attached hydrogen (secondary N) is 3. The maximum absolute atomic E-state index is 12.6. The number of hydrazone groups is 1. The van der Waals surface area contributed by atoms with E-state index in [-0.39, 0.29) is 34.3 Å². The quantitative estimate of drug-likeness (QED) is 0.0624. The van der Waals surface area contributed by atoms with Crippen molar-refractivity contribution < 1.29 is 13.5 Å². The van der Waals surface area contributed by atoms with Gasteiger partial charge in [-0.25, -0.2) is 29.9 Å². The van der Waals surface area contributed by atoms with Crippen molar-refractivity contribution in [1.82, 2.24) is 20.2 Å². The number of hydrogen-bond acceptors (Lipinski definition) is 10. The zero-order chi connectivity index (χ0) is 22.6. The highest BCUT2D eigenvalue weighted by atomic mass is 32.2. The van der Waals surface area contributed by atoms with Gasteiger partial charge in [-0.3, -0.25) is 4.72 Å². The first kappa shape index (κ1) is 23.0. The van der Waals surface area contributed by atoms with Crippen LogP contribution in [0.4, 0.5) is 0 Å². The van der Waals surface area contributed by atoms with Crippen LogP contribution in [0.5, 0.6) is 0 Å². The molecule has 1 heterocycles. The predicted molar refractivity (Wildman–Crippen MR) is 120 cm³/mol. The first-order valence-electron chi connectivity index (χ1n) is 8.95. The molecule has 0 aliphatic carbocycles. The minimum absolute atomic E-state index is 0.0780. The number of imidazole rings is 1. The summed E-state index contributed by atoms with van der Waals surface area (Å²) in [5.74, 6) is 5.11. The molecule has 3 aromatic rings. The lowest BCUT2D eigenvalue weighted by Gasteiger charge is -2.18. The standard InChI is InChI=1S/C17H23N9O3S2/c18-9(7-27)6-24-30-13-5-4-10(11-2-1-3-12-15(11)23-8-22-12)14(17(19)25-26-20)16(13)31(21,28)29/h1-5,8-9,24,26-27H,6-7,18,20H2,(H2,19,25)(H,22,23)(H2,21,28,29). The van der Waals surface area contributed by atoms with E-state index in [1.165, 1.54) is 6.33 Å². The molecule has 1 atom stereocenters. The number of nitrogens with two attached hydrogens (primary N) is 4. The summed E-state index contributed by atoms with van der Waals surface area (Å²) in [7, 11) is -4.25. The minimum Gasteiger partial charge on any atom is -0.395 e. The third-order valence-electron chi connectivity index (χ3n) is 4.35. The Bertz CT molecular complexity index is 1210. The monoisotopic (exact) mass is 465 g/mol. The van der Waals surface area contributed by atoms with Crippen LogP contribution in [0.2, 0.25) is 0 Å². The molecule has 0 saturated carbocycles. The molecule has 1 aromatic heterocycles. The van der Waals surface area contributed by atoms with Crippen molar-refractivity contribution in [3.63, 3.8) is 0 Å². The van der Waals surface area contributed by atoms with E-state index in [0.717, 1.165) is 17.5 Å². The number of primary sulfonamides is 1. The Balaban J connectivity index is 2.25. The molecule has 1 unspecified atom stereocenters. The molecule has 3 rings (SSSR count). The fourth-order valence-corrected chi connectivity index (χ4v) is 5.11. The van der Waals surface area contributed by atoms with Gasteiger partial charge in [-0.2, -0.15) is 0 Å². The molecule has 0 saturated heterocycles. The lowest BCUT2D eigenvalue weighted by atomic mass is 9.97. The maximum Gasteiger partial charge on any atom is 0.239 e. The van der Waals surface area contributed by atoms with Gasteiger partial charge in [-0.05, 0) is 29.6 Å². The Morgan fingerprint density at radius 3 is 2.74 bits per heavy atom. The van der Waals surface area contributed by atoms with E-state index in [2.05, 4.69) is 25.3 Å². The van der Waals surface area contributed by atoms with Crippen LogP contribution < -0.4 is 32.7 Å².